The molecule has 0 fully saturated rings. The summed E-state index contributed by atoms with van der Waals surface area (Å²) in [6.07, 6.45) is 2.49. The predicted molar refractivity (Wildman–Crippen MR) is 63.8 cm³/mol. The summed E-state index contributed by atoms with van der Waals surface area (Å²) in [5.74, 6) is 0. The molecule has 1 atom stereocenters. The third kappa shape index (κ3) is 8.48. The highest BCUT2D eigenvalue weighted by Crippen LogP contribution is 1.95. The number of nitrogens with one attached hydrogen (secondary N) is 1. The number of nitrogens with zero attached hydrogens (tertiary/aromatic N) is 2. The summed E-state index contributed by atoms with van der Waals surface area (Å²) < 4.78 is 0. The molecule has 0 saturated carbocycles. The molecule has 0 amide bonds. The maximum atomic E-state index is 3.26. The summed E-state index contributed by atoms with van der Waals surface area (Å²) in [6.45, 7) is 5.81. The first-order chi connectivity index (χ1) is 6.56. The first kappa shape index (κ1) is 13.9. The van der Waals surface area contributed by atoms with Gasteiger partial charge in [-0.1, -0.05) is 0 Å². The smallest absolute Gasteiger partial charge is 0.00478 e. The lowest BCUT2D eigenvalue weighted by atomic mass is 10.2. The number of hydrogen-bond acceptors (Lipinski definition) is 3. The topological polar surface area (TPSA) is 18.5 Å². The summed E-state index contributed by atoms with van der Waals surface area (Å²) >= 11 is 0. The quantitative estimate of drug-likeness (QED) is 0.628. The van der Waals surface area contributed by atoms with Gasteiger partial charge in [-0.3, -0.25) is 0 Å². The lowest BCUT2D eigenvalue weighted by Gasteiger charge is -2.20. The van der Waals surface area contributed by atoms with Crippen LogP contribution in [0, 0.1) is 0 Å². The Hall–Kier alpha value is -0.120. The van der Waals surface area contributed by atoms with E-state index in [2.05, 4.69) is 43.2 Å². The molecule has 3 nitrogen and oxygen atoms in total. The van der Waals surface area contributed by atoms with E-state index < -0.39 is 0 Å². The zero-order valence-corrected chi connectivity index (χ0v) is 10.5. The maximum absolute atomic E-state index is 3.26. The first-order valence-corrected chi connectivity index (χ1v) is 5.56. The molecule has 86 valence electrons. The monoisotopic (exact) mass is 201 g/mol. The Morgan fingerprint density at radius 1 is 1.07 bits per heavy atom. The van der Waals surface area contributed by atoms with Crippen molar-refractivity contribution in [2.24, 2.45) is 0 Å². The van der Waals surface area contributed by atoms with Crippen molar-refractivity contribution in [1.29, 1.82) is 0 Å². The van der Waals surface area contributed by atoms with E-state index in [1.807, 2.05) is 7.05 Å². The van der Waals surface area contributed by atoms with Gasteiger partial charge in [-0.15, -0.1) is 0 Å². The van der Waals surface area contributed by atoms with Crippen molar-refractivity contribution in [3.05, 3.63) is 0 Å². The molecule has 0 aliphatic carbocycles. The van der Waals surface area contributed by atoms with Crippen molar-refractivity contribution >= 4 is 0 Å². The molecule has 0 aromatic carbocycles. The van der Waals surface area contributed by atoms with Crippen LogP contribution < -0.4 is 5.32 Å². The van der Waals surface area contributed by atoms with Crippen molar-refractivity contribution in [3.63, 3.8) is 0 Å². The highest BCUT2D eigenvalue weighted by Gasteiger charge is 2.02. The highest BCUT2D eigenvalue weighted by atomic mass is 15.1. The van der Waals surface area contributed by atoms with Gasteiger partial charge in [0.05, 0.1) is 0 Å². The van der Waals surface area contributed by atoms with Gasteiger partial charge in [0.1, 0.15) is 0 Å². The van der Waals surface area contributed by atoms with E-state index in [0.29, 0.717) is 6.04 Å². The van der Waals surface area contributed by atoms with Crippen LogP contribution in [0.4, 0.5) is 0 Å². The maximum Gasteiger partial charge on any atom is 0.00478 e. The van der Waals surface area contributed by atoms with Gasteiger partial charge >= 0.3 is 0 Å². The van der Waals surface area contributed by atoms with Crippen LogP contribution in [0.5, 0.6) is 0 Å². The van der Waals surface area contributed by atoms with Crippen molar-refractivity contribution in [1.82, 2.24) is 15.1 Å². The number of rotatable bonds is 8. The van der Waals surface area contributed by atoms with E-state index in [-0.39, 0.29) is 0 Å². The fourth-order valence-electron chi connectivity index (χ4n) is 1.33. The average molecular weight is 201 g/mol. The minimum atomic E-state index is 0.631. The molecule has 1 unspecified atom stereocenters. The van der Waals surface area contributed by atoms with Crippen molar-refractivity contribution < 1.29 is 0 Å². The summed E-state index contributed by atoms with van der Waals surface area (Å²) in [5, 5.41) is 3.26. The Labute approximate surface area is 89.5 Å². The Kier molecular flexibility index (Phi) is 8.14. The predicted octanol–water partition coefficient (Wildman–Crippen LogP) is 0.868. The summed E-state index contributed by atoms with van der Waals surface area (Å²) in [4.78, 5) is 4.65. The van der Waals surface area contributed by atoms with Crippen LogP contribution in [0.15, 0.2) is 0 Å². The van der Waals surface area contributed by atoms with Gasteiger partial charge in [0.2, 0.25) is 0 Å². The van der Waals surface area contributed by atoms with Crippen LogP contribution in [-0.4, -0.2) is 63.7 Å². The lowest BCUT2D eigenvalue weighted by molar-refractivity contribution is 0.288. The average Bonchev–Trinajstić information content (AvgIpc) is 2.13. The Bertz CT molecular complexity index is 126. The van der Waals surface area contributed by atoms with Crippen molar-refractivity contribution in [3.8, 4) is 0 Å². The highest BCUT2D eigenvalue weighted by molar-refractivity contribution is 4.61. The van der Waals surface area contributed by atoms with E-state index in [4.69, 9.17) is 0 Å². The normalized spacial score (nSPS) is 13.9. The molecule has 14 heavy (non-hydrogen) atoms. The SMILES string of the molecule is CNC(C)CCN(C)CCCN(C)C. The second-order valence-corrected chi connectivity index (χ2v) is 4.44. The summed E-state index contributed by atoms with van der Waals surface area (Å²) in [6, 6.07) is 0.631. The standard InChI is InChI=1S/C11H27N3/c1-11(12-2)7-10-14(5)9-6-8-13(3)4/h11-12H,6-10H2,1-5H3. The molecule has 3 heteroatoms. The van der Waals surface area contributed by atoms with Gasteiger partial charge in [-0.2, -0.15) is 0 Å². The van der Waals surface area contributed by atoms with Gasteiger partial charge in [-0.05, 0) is 67.6 Å². The van der Waals surface area contributed by atoms with Crippen LogP contribution in [0.25, 0.3) is 0 Å². The van der Waals surface area contributed by atoms with Gasteiger partial charge in [-0.25, -0.2) is 0 Å². The molecular formula is C11H27N3. The minimum Gasteiger partial charge on any atom is -0.317 e. The molecule has 0 saturated heterocycles. The molecule has 0 radical (unpaired) electrons. The zero-order valence-electron chi connectivity index (χ0n) is 10.5. The van der Waals surface area contributed by atoms with E-state index >= 15 is 0 Å². The summed E-state index contributed by atoms with van der Waals surface area (Å²) in [5.41, 5.74) is 0. The largest absolute Gasteiger partial charge is 0.317 e. The molecule has 0 aromatic heterocycles. The van der Waals surface area contributed by atoms with E-state index in [1.165, 1.54) is 32.5 Å². The van der Waals surface area contributed by atoms with Crippen LogP contribution in [-0.2, 0) is 0 Å². The van der Waals surface area contributed by atoms with Crippen LogP contribution in [0.2, 0.25) is 0 Å². The molecule has 0 rings (SSSR count). The third-order valence-corrected chi connectivity index (χ3v) is 2.58. The molecule has 1 N–H and O–H groups in total. The molecular weight excluding hydrogens is 174 g/mol. The van der Waals surface area contributed by atoms with Crippen LogP contribution in [0.1, 0.15) is 19.8 Å². The third-order valence-electron chi connectivity index (χ3n) is 2.58. The fourth-order valence-corrected chi connectivity index (χ4v) is 1.33. The van der Waals surface area contributed by atoms with E-state index in [9.17, 15) is 0 Å². The molecule has 0 spiro atoms. The minimum absolute atomic E-state index is 0.631. The Balaban J connectivity index is 3.32. The fraction of sp³-hybridized carbons (Fsp3) is 1.00. The molecule has 0 aliphatic heterocycles. The van der Waals surface area contributed by atoms with Gasteiger partial charge in [0.25, 0.3) is 0 Å². The second kappa shape index (κ2) is 8.21. The van der Waals surface area contributed by atoms with Gasteiger partial charge < -0.3 is 15.1 Å². The zero-order chi connectivity index (χ0) is 11.0. The summed E-state index contributed by atoms with van der Waals surface area (Å²) in [7, 11) is 8.49. The number of hydrogen-bond donors (Lipinski definition) is 1. The van der Waals surface area contributed by atoms with Crippen molar-refractivity contribution in [2.75, 3.05) is 47.8 Å². The van der Waals surface area contributed by atoms with Gasteiger partial charge in [0, 0.05) is 6.04 Å². The van der Waals surface area contributed by atoms with Crippen LogP contribution in [0.3, 0.4) is 0 Å². The van der Waals surface area contributed by atoms with E-state index in [1.54, 1.807) is 0 Å². The van der Waals surface area contributed by atoms with E-state index in [0.717, 1.165) is 0 Å². The Morgan fingerprint density at radius 2 is 1.71 bits per heavy atom. The first-order valence-electron chi connectivity index (χ1n) is 5.56. The van der Waals surface area contributed by atoms with Gasteiger partial charge in [0.15, 0.2) is 0 Å². The molecule has 0 aromatic rings. The molecule has 0 aliphatic rings. The van der Waals surface area contributed by atoms with Crippen molar-refractivity contribution in [2.45, 2.75) is 25.8 Å². The van der Waals surface area contributed by atoms with Crippen LogP contribution >= 0.6 is 0 Å². The lowest BCUT2D eigenvalue weighted by Crippen LogP contribution is -2.30. The Morgan fingerprint density at radius 3 is 2.21 bits per heavy atom. The second-order valence-electron chi connectivity index (χ2n) is 4.44. The molecule has 0 heterocycles. The molecule has 0 bridgehead atoms.